The minimum absolute atomic E-state index is 0. The van der Waals surface area contributed by atoms with E-state index in [1.807, 2.05) is 10.8 Å². The van der Waals surface area contributed by atoms with Crippen LogP contribution in [0.25, 0.3) is 0 Å². The first-order valence-electron chi connectivity index (χ1n) is 3.24. The van der Waals surface area contributed by atoms with Crippen LogP contribution in [0.5, 0.6) is 0 Å². The average molecular weight is 207 g/mol. The van der Waals surface area contributed by atoms with Gasteiger partial charge in [-0.15, -0.1) is 4.91 Å². The summed E-state index contributed by atoms with van der Waals surface area (Å²) in [5.41, 5.74) is 1.91. The molecule has 1 N–H and O–H groups in total. The Bertz CT molecular complexity index is 333. The zero-order chi connectivity index (χ0) is 9.68. The van der Waals surface area contributed by atoms with E-state index in [0.717, 1.165) is 0 Å². The fourth-order valence-corrected chi connectivity index (χ4v) is 0.787. The van der Waals surface area contributed by atoms with Gasteiger partial charge in [0.1, 0.15) is 0 Å². The van der Waals surface area contributed by atoms with Crippen molar-refractivity contribution in [1.29, 1.82) is 0 Å². The molecule has 8 heteroatoms. The van der Waals surface area contributed by atoms with E-state index >= 15 is 0 Å². The van der Waals surface area contributed by atoms with Crippen molar-refractivity contribution >= 4 is 40.9 Å². The molecule has 0 aliphatic rings. The van der Waals surface area contributed by atoms with Gasteiger partial charge < -0.3 is 0 Å². The van der Waals surface area contributed by atoms with Crippen LogP contribution in [0.4, 0.5) is 11.4 Å². The molecule has 70 valence electrons. The average Bonchev–Trinajstić information content (AvgIpc) is 2.15. The molecular weight excluding hydrogens is 201 g/mol. The van der Waals surface area contributed by atoms with Crippen LogP contribution in [0.1, 0.15) is 0 Å². The van der Waals surface area contributed by atoms with Gasteiger partial charge in [0.2, 0.25) is 0 Å². The van der Waals surface area contributed by atoms with E-state index in [0.29, 0.717) is 0 Å². The number of rotatable bonds is 4. The topological polar surface area (TPSA) is 93.8 Å². The molecule has 0 aliphatic carbocycles. The van der Waals surface area contributed by atoms with E-state index in [9.17, 15) is 15.0 Å². The van der Waals surface area contributed by atoms with Gasteiger partial charge in [-0.1, -0.05) is 12.1 Å². The summed E-state index contributed by atoms with van der Waals surface area (Å²) in [6, 6.07) is 5.72. The molecule has 1 rings (SSSR count). The molecule has 0 bridgehead atoms. The third-order valence-electron chi connectivity index (χ3n) is 1.29. The molecule has 0 unspecified atom stereocenters. The molecule has 7 nitrogen and oxygen atoms in total. The standard InChI is InChI=1S/C6H5N3O4.Na.H/c10-8-13-7-5-3-1-2-4-6(5)9(11)12;;/h1-4,7H;;. The van der Waals surface area contributed by atoms with Crippen molar-refractivity contribution in [2.45, 2.75) is 0 Å². The van der Waals surface area contributed by atoms with Crippen molar-refractivity contribution in [3.05, 3.63) is 39.3 Å². The van der Waals surface area contributed by atoms with Crippen LogP contribution in [0.3, 0.4) is 0 Å². The Morgan fingerprint density at radius 2 is 2.07 bits per heavy atom. The zero-order valence-corrected chi connectivity index (χ0v) is 6.34. The SMILES string of the molecule is O=NONc1ccccc1[N+](=O)[O-].[NaH]. The molecule has 0 heterocycles. The maximum atomic E-state index is 10.4. The van der Waals surface area contributed by atoms with Crippen molar-refractivity contribution in [3.8, 4) is 0 Å². The Hall–Kier alpha value is -1.18. The molecular formula is C6H6N3NaO4. The molecule has 0 amide bonds. The van der Waals surface area contributed by atoms with Gasteiger partial charge in [-0.3, -0.25) is 10.1 Å². The molecule has 0 saturated heterocycles. The van der Waals surface area contributed by atoms with Crippen molar-refractivity contribution in [3.63, 3.8) is 0 Å². The summed E-state index contributed by atoms with van der Waals surface area (Å²) in [7, 11) is 0. The number of anilines is 1. The van der Waals surface area contributed by atoms with Gasteiger partial charge in [-0.05, 0) is 6.07 Å². The van der Waals surface area contributed by atoms with Gasteiger partial charge in [0.15, 0.2) is 11.0 Å². The van der Waals surface area contributed by atoms with Crippen molar-refractivity contribution in [2.75, 3.05) is 5.48 Å². The number of hydrogen-bond acceptors (Lipinski definition) is 6. The molecule has 1 aromatic rings. The second kappa shape index (κ2) is 6.30. The summed E-state index contributed by atoms with van der Waals surface area (Å²) in [6.45, 7) is 0. The van der Waals surface area contributed by atoms with Crippen molar-refractivity contribution in [1.82, 2.24) is 0 Å². The first-order valence-corrected chi connectivity index (χ1v) is 3.24. The summed E-state index contributed by atoms with van der Waals surface area (Å²) < 4.78 is 0. The van der Waals surface area contributed by atoms with E-state index in [2.05, 4.69) is 4.94 Å². The fraction of sp³-hybridized carbons (Fsp3) is 0. The Kier molecular flexibility index (Phi) is 5.77. The molecule has 0 aliphatic heterocycles. The van der Waals surface area contributed by atoms with Crippen LogP contribution in [0.15, 0.2) is 29.6 Å². The second-order valence-electron chi connectivity index (χ2n) is 2.04. The molecule has 0 radical (unpaired) electrons. The van der Waals surface area contributed by atoms with Gasteiger partial charge >= 0.3 is 29.6 Å². The fourth-order valence-electron chi connectivity index (χ4n) is 0.787. The van der Waals surface area contributed by atoms with Crippen LogP contribution in [-0.2, 0) is 4.94 Å². The van der Waals surface area contributed by atoms with Crippen LogP contribution in [0.2, 0.25) is 0 Å². The van der Waals surface area contributed by atoms with Crippen LogP contribution >= 0.6 is 0 Å². The minimum atomic E-state index is -0.601. The van der Waals surface area contributed by atoms with Crippen molar-refractivity contribution in [2.24, 2.45) is 5.34 Å². The Labute approximate surface area is 101 Å². The van der Waals surface area contributed by atoms with Crippen molar-refractivity contribution < 1.29 is 9.86 Å². The second-order valence-corrected chi connectivity index (χ2v) is 2.04. The predicted octanol–water partition coefficient (Wildman–Crippen LogP) is 0.971. The summed E-state index contributed by atoms with van der Waals surface area (Å²) in [4.78, 5) is 23.3. The number of nitrogens with zero attached hydrogens (tertiary/aromatic N) is 2. The van der Waals surface area contributed by atoms with Gasteiger partial charge in [-0.25, -0.2) is 4.94 Å². The number of hydrogen-bond donors (Lipinski definition) is 1. The molecule has 14 heavy (non-hydrogen) atoms. The number of nitrogens with one attached hydrogen (secondary N) is 1. The molecule has 0 fully saturated rings. The van der Waals surface area contributed by atoms with E-state index in [-0.39, 0.29) is 40.9 Å². The summed E-state index contributed by atoms with van der Waals surface area (Å²) >= 11 is 0. The van der Waals surface area contributed by atoms with E-state index in [1.54, 1.807) is 6.07 Å². The summed E-state index contributed by atoms with van der Waals surface area (Å²) in [5.74, 6) is 0. The number of nitro benzene ring substituents is 1. The molecule has 0 spiro atoms. The van der Waals surface area contributed by atoms with Gasteiger partial charge in [0, 0.05) is 6.07 Å². The first kappa shape index (κ1) is 12.8. The normalized spacial score (nSPS) is 8.29. The van der Waals surface area contributed by atoms with Gasteiger partial charge in [0.25, 0.3) is 5.69 Å². The summed E-state index contributed by atoms with van der Waals surface area (Å²) in [5, 5.41) is 12.4. The molecule has 1 aromatic carbocycles. The van der Waals surface area contributed by atoms with E-state index < -0.39 is 4.92 Å². The van der Waals surface area contributed by atoms with Crippen LogP contribution < -0.4 is 5.48 Å². The molecule has 0 atom stereocenters. The van der Waals surface area contributed by atoms with E-state index in [4.69, 9.17) is 0 Å². The Morgan fingerprint density at radius 1 is 1.43 bits per heavy atom. The van der Waals surface area contributed by atoms with Crippen LogP contribution in [0, 0.1) is 15.0 Å². The maximum absolute atomic E-state index is 10.4. The summed E-state index contributed by atoms with van der Waals surface area (Å²) in [6.07, 6.45) is 0. The zero-order valence-electron chi connectivity index (χ0n) is 6.34. The first-order chi connectivity index (χ1) is 6.25. The Balaban J connectivity index is 0.00000169. The number of para-hydroxylation sites is 2. The molecule has 0 aromatic heterocycles. The van der Waals surface area contributed by atoms with Gasteiger partial charge in [-0.2, -0.15) is 5.48 Å². The third kappa shape index (κ3) is 3.29. The monoisotopic (exact) mass is 207 g/mol. The van der Waals surface area contributed by atoms with Gasteiger partial charge in [0.05, 0.1) is 4.92 Å². The number of benzene rings is 1. The Morgan fingerprint density at radius 3 is 2.64 bits per heavy atom. The predicted molar refractivity (Wildman–Crippen MR) is 50.7 cm³/mol. The van der Waals surface area contributed by atoms with Crippen LogP contribution in [-0.4, -0.2) is 34.5 Å². The third-order valence-corrected chi connectivity index (χ3v) is 1.29. The number of nitro groups is 1. The molecule has 0 saturated carbocycles. The van der Waals surface area contributed by atoms with E-state index in [1.165, 1.54) is 18.2 Å². The quantitative estimate of drug-likeness (QED) is 0.343.